The molecule has 1 amide bonds. The summed E-state index contributed by atoms with van der Waals surface area (Å²) in [4.78, 5) is 14.4. The maximum absolute atomic E-state index is 12.2. The SMILES string of the molecule is CC1=CC(C)(C)N(C)c2ccc(/C=N\NC(=O)c3ccc(Cl)cc3Cl)cc21. The Morgan fingerprint density at radius 1 is 1.19 bits per heavy atom. The minimum Gasteiger partial charge on any atom is -0.366 e. The molecule has 2 aromatic carbocycles. The van der Waals surface area contributed by atoms with E-state index < -0.39 is 0 Å². The summed E-state index contributed by atoms with van der Waals surface area (Å²) in [6.07, 6.45) is 3.87. The number of anilines is 1. The lowest BCUT2D eigenvalue weighted by atomic mass is 9.89. The first-order chi connectivity index (χ1) is 12.7. The number of allylic oxidation sites excluding steroid dienone is 1. The lowest BCUT2D eigenvalue weighted by molar-refractivity contribution is 0.0955. The van der Waals surface area contributed by atoms with Crippen LogP contribution in [0.25, 0.3) is 5.57 Å². The number of benzene rings is 2. The monoisotopic (exact) mass is 401 g/mol. The molecule has 2 aromatic rings. The fourth-order valence-corrected chi connectivity index (χ4v) is 3.65. The van der Waals surface area contributed by atoms with Crippen LogP contribution in [0.4, 0.5) is 5.69 Å². The molecule has 1 N–H and O–H groups in total. The Morgan fingerprint density at radius 3 is 2.63 bits per heavy atom. The Labute approximate surface area is 169 Å². The van der Waals surface area contributed by atoms with E-state index in [0.717, 1.165) is 11.1 Å². The lowest BCUT2D eigenvalue weighted by Crippen LogP contribution is -2.42. The highest BCUT2D eigenvalue weighted by Crippen LogP contribution is 2.37. The molecule has 6 heteroatoms. The van der Waals surface area contributed by atoms with Crippen molar-refractivity contribution in [2.24, 2.45) is 5.10 Å². The average Bonchev–Trinajstić information content (AvgIpc) is 2.59. The van der Waals surface area contributed by atoms with Crippen molar-refractivity contribution in [3.8, 4) is 0 Å². The molecule has 0 unspecified atom stereocenters. The van der Waals surface area contributed by atoms with E-state index in [-0.39, 0.29) is 16.5 Å². The van der Waals surface area contributed by atoms with Gasteiger partial charge in [0.25, 0.3) is 5.91 Å². The molecule has 0 spiro atoms. The zero-order valence-electron chi connectivity index (χ0n) is 15.7. The van der Waals surface area contributed by atoms with Gasteiger partial charge in [0.15, 0.2) is 0 Å². The van der Waals surface area contributed by atoms with E-state index in [1.54, 1.807) is 18.3 Å². The largest absolute Gasteiger partial charge is 0.366 e. The number of hydrazone groups is 1. The van der Waals surface area contributed by atoms with Crippen molar-refractivity contribution < 1.29 is 4.79 Å². The summed E-state index contributed by atoms with van der Waals surface area (Å²) < 4.78 is 0. The van der Waals surface area contributed by atoms with Crippen LogP contribution in [-0.4, -0.2) is 24.7 Å². The van der Waals surface area contributed by atoms with Crippen LogP contribution in [0, 0.1) is 0 Å². The zero-order valence-corrected chi connectivity index (χ0v) is 17.2. The maximum atomic E-state index is 12.2. The zero-order chi connectivity index (χ0) is 19.8. The lowest BCUT2D eigenvalue weighted by Gasteiger charge is -2.40. The average molecular weight is 402 g/mol. The third kappa shape index (κ3) is 4.02. The van der Waals surface area contributed by atoms with Gasteiger partial charge in [0, 0.05) is 23.3 Å². The first kappa shape index (κ1) is 19.5. The van der Waals surface area contributed by atoms with Gasteiger partial charge in [-0.15, -0.1) is 0 Å². The van der Waals surface area contributed by atoms with Crippen molar-refractivity contribution in [2.45, 2.75) is 26.3 Å². The van der Waals surface area contributed by atoms with E-state index in [1.165, 1.54) is 17.3 Å². The highest BCUT2D eigenvalue weighted by atomic mass is 35.5. The topological polar surface area (TPSA) is 44.7 Å². The number of carbonyl (C=O) groups excluding carboxylic acids is 1. The van der Waals surface area contributed by atoms with Crippen LogP contribution in [-0.2, 0) is 0 Å². The highest BCUT2D eigenvalue weighted by molar-refractivity contribution is 6.36. The van der Waals surface area contributed by atoms with Crippen molar-refractivity contribution >= 4 is 46.6 Å². The summed E-state index contributed by atoms with van der Waals surface area (Å²) in [6, 6.07) is 10.8. The molecule has 3 rings (SSSR count). The number of likely N-dealkylation sites (N-methyl/N-ethyl adjacent to an activating group) is 1. The molecule has 0 saturated heterocycles. The predicted octanol–water partition coefficient (Wildman–Crippen LogP) is 5.39. The van der Waals surface area contributed by atoms with E-state index in [2.05, 4.69) is 61.5 Å². The van der Waals surface area contributed by atoms with E-state index in [9.17, 15) is 4.79 Å². The molecule has 27 heavy (non-hydrogen) atoms. The van der Waals surface area contributed by atoms with Gasteiger partial charge in [-0.25, -0.2) is 5.43 Å². The quantitative estimate of drug-likeness (QED) is 0.553. The molecular formula is C21H21Cl2N3O. The summed E-state index contributed by atoms with van der Waals surface area (Å²) in [5, 5.41) is 4.82. The third-order valence-corrected chi connectivity index (χ3v) is 5.34. The van der Waals surface area contributed by atoms with Crippen LogP contribution >= 0.6 is 23.2 Å². The van der Waals surface area contributed by atoms with Crippen molar-refractivity contribution in [1.29, 1.82) is 0 Å². The van der Waals surface area contributed by atoms with Crippen LogP contribution in [0.2, 0.25) is 10.0 Å². The second-order valence-electron chi connectivity index (χ2n) is 7.14. The highest BCUT2D eigenvalue weighted by Gasteiger charge is 2.28. The molecule has 1 aliphatic heterocycles. The Morgan fingerprint density at radius 2 is 1.93 bits per heavy atom. The van der Waals surface area contributed by atoms with Gasteiger partial charge in [-0.3, -0.25) is 4.79 Å². The molecule has 140 valence electrons. The number of rotatable bonds is 3. The number of halogens is 2. The standard InChI is InChI=1S/C21H21Cl2N3O/c1-13-11-21(2,3)26(4)19-8-5-14(9-17(13)19)12-24-25-20(27)16-7-6-15(22)10-18(16)23/h5-12H,1-4H3,(H,25,27)/b24-12-. The molecular weight excluding hydrogens is 381 g/mol. The van der Waals surface area contributed by atoms with E-state index in [1.807, 2.05) is 6.07 Å². The fourth-order valence-electron chi connectivity index (χ4n) is 3.16. The summed E-state index contributed by atoms with van der Waals surface area (Å²) >= 11 is 11.9. The van der Waals surface area contributed by atoms with Gasteiger partial charge in [0.2, 0.25) is 0 Å². The van der Waals surface area contributed by atoms with Gasteiger partial charge in [0.1, 0.15) is 0 Å². The van der Waals surface area contributed by atoms with Crippen LogP contribution < -0.4 is 10.3 Å². The molecule has 0 atom stereocenters. The summed E-state index contributed by atoms with van der Waals surface area (Å²) in [5.41, 5.74) is 7.25. The number of hydrogen-bond donors (Lipinski definition) is 1. The van der Waals surface area contributed by atoms with Crippen molar-refractivity contribution in [2.75, 3.05) is 11.9 Å². The van der Waals surface area contributed by atoms with Gasteiger partial charge in [-0.2, -0.15) is 5.10 Å². The molecule has 0 aromatic heterocycles. The number of fused-ring (bicyclic) bond motifs is 1. The first-order valence-electron chi connectivity index (χ1n) is 8.55. The smallest absolute Gasteiger partial charge is 0.272 e. The van der Waals surface area contributed by atoms with Crippen LogP contribution in [0.15, 0.2) is 47.6 Å². The third-order valence-electron chi connectivity index (χ3n) is 4.80. The second kappa shape index (κ2) is 7.37. The Hall–Kier alpha value is -2.30. The molecule has 0 fully saturated rings. The Bertz CT molecular complexity index is 964. The van der Waals surface area contributed by atoms with E-state index in [0.29, 0.717) is 10.6 Å². The Kier molecular flexibility index (Phi) is 5.31. The summed E-state index contributed by atoms with van der Waals surface area (Å²) in [7, 11) is 2.09. The molecule has 0 bridgehead atoms. The number of nitrogens with zero attached hydrogens (tertiary/aromatic N) is 2. The van der Waals surface area contributed by atoms with Crippen LogP contribution in [0.5, 0.6) is 0 Å². The number of hydrogen-bond acceptors (Lipinski definition) is 3. The van der Waals surface area contributed by atoms with Crippen LogP contribution in [0.3, 0.4) is 0 Å². The Balaban J connectivity index is 1.77. The van der Waals surface area contributed by atoms with Crippen molar-refractivity contribution in [3.63, 3.8) is 0 Å². The van der Waals surface area contributed by atoms with Gasteiger partial charge in [0.05, 0.1) is 22.3 Å². The fraction of sp³-hybridized carbons (Fsp3) is 0.238. The number of amides is 1. The van der Waals surface area contributed by atoms with Crippen LogP contribution in [0.1, 0.15) is 42.3 Å². The molecule has 0 radical (unpaired) electrons. The number of carbonyl (C=O) groups is 1. The normalized spacial score (nSPS) is 15.5. The summed E-state index contributed by atoms with van der Waals surface area (Å²) in [5.74, 6) is -0.386. The van der Waals surface area contributed by atoms with Crippen molar-refractivity contribution in [3.05, 3.63) is 69.2 Å². The first-order valence-corrected chi connectivity index (χ1v) is 9.31. The number of nitrogens with one attached hydrogen (secondary N) is 1. The van der Waals surface area contributed by atoms with E-state index >= 15 is 0 Å². The van der Waals surface area contributed by atoms with Gasteiger partial charge in [-0.05, 0) is 62.2 Å². The molecule has 0 saturated carbocycles. The molecule has 0 aliphatic carbocycles. The molecule has 1 aliphatic rings. The minimum absolute atomic E-state index is 0.0293. The minimum atomic E-state index is -0.386. The van der Waals surface area contributed by atoms with E-state index in [4.69, 9.17) is 23.2 Å². The summed E-state index contributed by atoms with van der Waals surface area (Å²) in [6.45, 7) is 6.48. The van der Waals surface area contributed by atoms with Crippen molar-refractivity contribution in [1.82, 2.24) is 5.43 Å². The second-order valence-corrected chi connectivity index (χ2v) is 7.98. The predicted molar refractivity (Wildman–Crippen MR) is 114 cm³/mol. The van der Waals surface area contributed by atoms with Gasteiger partial charge < -0.3 is 4.90 Å². The molecule has 1 heterocycles. The molecule has 4 nitrogen and oxygen atoms in total. The van der Waals surface area contributed by atoms with Gasteiger partial charge in [-0.1, -0.05) is 35.3 Å². The van der Waals surface area contributed by atoms with Gasteiger partial charge >= 0.3 is 0 Å². The maximum Gasteiger partial charge on any atom is 0.272 e.